The first kappa shape index (κ1) is 14.7. The molecule has 0 unspecified atom stereocenters. The monoisotopic (exact) mass is 260 g/mol. The molecule has 4 N–H and O–H groups in total. The third-order valence-electron chi connectivity index (χ3n) is 1.63. The van der Waals surface area contributed by atoms with Crippen molar-refractivity contribution < 1.29 is 0 Å². The molecule has 0 aromatic heterocycles. The first-order valence-corrected chi connectivity index (χ1v) is 5.37. The molecule has 0 bridgehead atoms. The molecule has 0 radical (unpaired) electrons. The molecular weight excluding hydrogens is 244 g/mol. The lowest BCUT2D eigenvalue weighted by Crippen LogP contribution is -2.31. The Bertz CT molecular complexity index is 290. The smallest absolute Gasteiger partial charge is 0.186 e. The van der Waals surface area contributed by atoms with E-state index in [0.717, 1.165) is 0 Å². The fourth-order valence-electron chi connectivity index (χ4n) is 0.543. The topological polar surface area (TPSA) is 72.8 Å². The quantitative estimate of drug-likeness (QED) is 0.323. The van der Waals surface area contributed by atoms with Crippen LogP contribution in [-0.2, 0) is 0 Å². The van der Waals surface area contributed by atoms with Crippen LogP contribution in [0.3, 0.4) is 0 Å². The third kappa shape index (κ3) is 6.25. The summed E-state index contributed by atoms with van der Waals surface area (Å²) in [6.45, 7) is 3.63. The van der Waals surface area contributed by atoms with Crippen LogP contribution in [-0.4, -0.2) is 35.7 Å². The Kier molecular flexibility index (Phi) is 7.31. The van der Waals surface area contributed by atoms with Crippen LogP contribution in [0.15, 0.2) is 10.2 Å². The van der Waals surface area contributed by atoms with Gasteiger partial charge in [0.15, 0.2) is 10.2 Å². The van der Waals surface area contributed by atoms with Gasteiger partial charge in [0.25, 0.3) is 0 Å². The second kappa shape index (κ2) is 7.94. The molecule has 0 aliphatic rings. The first-order valence-electron chi connectivity index (χ1n) is 4.55. The summed E-state index contributed by atoms with van der Waals surface area (Å²) < 4.78 is 0. The van der Waals surface area contributed by atoms with Gasteiger partial charge in [-0.25, -0.2) is 0 Å². The number of nitrogens with one attached hydrogen (secondary N) is 4. The van der Waals surface area contributed by atoms with E-state index in [1.165, 1.54) is 0 Å². The van der Waals surface area contributed by atoms with Crippen molar-refractivity contribution in [2.75, 3.05) is 14.1 Å². The maximum Gasteiger partial charge on any atom is 0.186 e. The molecule has 0 amide bonds. The van der Waals surface area contributed by atoms with E-state index >= 15 is 0 Å². The molecule has 0 rings (SSSR count). The molecule has 0 saturated heterocycles. The van der Waals surface area contributed by atoms with E-state index in [2.05, 4.69) is 31.7 Å². The summed E-state index contributed by atoms with van der Waals surface area (Å²) >= 11 is 9.74. The number of rotatable bonds is 3. The highest BCUT2D eigenvalue weighted by Crippen LogP contribution is 1.82. The Morgan fingerprint density at radius 3 is 1.38 bits per heavy atom. The van der Waals surface area contributed by atoms with Gasteiger partial charge in [-0.15, -0.1) is 0 Å². The van der Waals surface area contributed by atoms with Gasteiger partial charge in [-0.3, -0.25) is 10.9 Å². The maximum absolute atomic E-state index is 4.87. The van der Waals surface area contributed by atoms with E-state index in [1.54, 1.807) is 14.1 Å². The molecule has 0 spiro atoms. The zero-order valence-corrected chi connectivity index (χ0v) is 11.3. The van der Waals surface area contributed by atoms with Crippen molar-refractivity contribution in [1.29, 1.82) is 0 Å². The van der Waals surface area contributed by atoms with E-state index in [4.69, 9.17) is 24.4 Å². The van der Waals surface area contributed by atoms with E-state index in [1.807, 2.05) is 13.8 Å². The van der Waals surface area contributed by atoms with E-state index in [9.17, 15) is 0 Å². The average Bonchev–Trinajstić information content (AvgIpc) is 2.31. The van der Waals surface area contributed by atoms with E-state index in [0.29, 0.717) is 21.6 Å². The molecule has 0 saturated carbocycles. The predicted molar refractivity (Wildman–Crippen MR) is 75.8 cm³/mol. The highest BCUT2D eigenvalue weighted by Gasteiger charge is 1.97. The molecule has 0 heterocycles. The van der Waals surface area contributed by atoms with Crippen molar-refractivity contribution in [2.45, 2.75) is 13.8 Å². The van der Waals surface area contributed by atoms with Crippen molar-refractivity contribution in [3.63, 3.8) is 0 Å². The van der Waals surface area contributed by atoms with Crippen molar-refractivity contribution in [3.05, 3.63) is 0 Å². The van der Waals surface area contributed by atoms with E-state index in [-0.39, 0.29) is 0 Å². The summed E-state index contributed by atoms with van der Waals surface area (Å²) in [5.74, 6) is 0. The minimum atomic E-state index is 0.450. The lowest BCUT2D eigenvalue weighted by Gasteiger charge is -2.05. The summed E-state index contributed by atoms with van der Waals surface area (Å²) in [5.41, 5.74) is 6.76. The van der Waals surface area contributed by atoms with Crippen molar-refractivity contribution >= 4 is 46.1 Å². The lowest BCUT2D eigenvalue weighted by molar-refractivity contribution is 0.965. The largest absolute Gasteiger partial charge is 0.364 e. The van der Waals surface area contributed by atoms with Crippen molar-refractivity contribution in [3.8, 4) is 0 Å². The molecule has 0 aromatic carbocycles. The molecule has 16 heavy (non-hydrogen) atoms. The van der Waals surface area contributed by atoms with Gasteiger partial charge in [0, 0.05) is 14.1 Å². The summed E-state index contributed by atoms with van der Waals surface area (Å²) in [7, 11) is 3.43. The Hall–Kier alpha value is -1.28. The molecular formula is C8H16N6S2. The maximum atomic E-state index is 4.87. The van der Waals surface area contributed by atoms with Gasteiger partial charge in [-0.05, 0) is 38.3 Å². The normalized spacial score (nSPS) is 11.8. The molecule has 6 nitrogen and oxygen atoms in total. The fourth-order valence-corrected chi connectivity index (χ4v) is 0.634. The highest BCUT2D eigenvalue weighted by atomic mass is 32.1. The number of nitrogens with zero attached hydrogens (tertiary/aromatic N) is 2. The van der Waals surface area contributed by atoms with Crippen LogP contribution in [0.5, 0.6) is 0 Å². The third-order valence-corrected chi connectivity index (χ3v) is 2.22. The summed E-state index contributed by atoms with van der Waals surface area (Å²) in [4.78, 5) is 0. The average molecular weight is 260 g/mol. The molecule has 0 aliphatic carbocycles. The molecule has 0 atom stereocenters. The van der Waals surface area contributed by atoms with Gasteiger partial charge in [0.05, 0.1) is 11.4 Å². The van der Waals surface area contributed by atoms with Crippen molar-refractivity contribution in [1.82, 2.24) is 21.5 Å². The van der Waals surface area contributed by atoms with Crippen LogP contribution in [0, 0.1) is 0 Å². The molecule has 90 valence electrons. The van der Waals surface area contributed by atoms with Gasteiger partial charge >= 0.3 is 0 Å². The molecule has 0 aromatic rings. The molecule has 0 fully saturated rings. The van der Waals surface area contributed by atoms with Gasteiger partial charge in [-0.1, -0.05) is 0 Å². The SMILES string of the molecule is CNC(=S)NN=C(C)/C(C)=N/NC(=S)NC. The van der Waals surface area contributed by atoms with Gasteiger partial charge in [0.1, 0.15) is 0 Å². The summed E-state index contributed by atoms with van der Waals surface area (Å²) in [6.07, 6.45) is 0. The van der Waals surface area contributed by atoms with Gasteiger partial charge in [-0.2, -0.15) is 10.2 Å². The second-order valence-electron chi connectivity index (χ2n) is 2.78. The number of hydrogen-bond acceptors (Lipinski definition) is 4. The summed E-state index contributed by atoms with van der Waals surface area (Å²) in [6, 6.07) is 0. The Labute approximate surface area is 106 Å². The molecule has 8 heteroatoms. The van der Waals surface area contributed by atoms with Crippen LogP contribution >= 0.6 is 24.4 Å². The second-order valence-corrected chi connectivity index (χ2v) is 3.59. The van der Waals surface area contributed by atoms with Crippen molar-refractivity contribution in [2.24, 2.45) is 10.2 Å². The van der Waals surface area contributed by atoms with Gasteiger partial charge in [0.2, 0.25) is 0 Å². The van der Waals surface area contributed by atoms with Crippen LogP contribution in [0.1, 0.15) is 13.8 Å². The van der Waals surface area contributed by atoms with Crippen LogP contribution < -0.4 is 21.5 Å². The predicted octanol–water partition coefficient (Wildman–Crippen LogP) is -0.0740. The first-order chi connectivity index (χ1) is 7.51. The van der Waals surface area contributed by atoms with Gasteiger partial charge < -0.3 is 10.6 Å². The fraction of sp³-hybridized carbons (Fsp3) is 0.500. The minimum absolute atomic E-state index is 0.450. The number of hydrogen-bond donors (Lipinski definition) is 4. The standard InChI is InChI=1S/C8H16N6S2/c1-5(11-13-7(15)9-3)6(2)12-14-8(16)10-4/h1-4H3,(H2,9,13,15)(H2,10,14,16)/b11-5+,12-6?. The summed E-state index contributed by atoms with van der Waals surface area (Å²) in [5, 5.41) is 14.4. The van der Waals surface area contributed by atoms with Crippen LogP contribution in [0.25, 0.3) is 0 Å². The zero-order valence-electron chi connectivity index (χ0n) is 9.71. The highest BCUT2D eigenvalue weighted by molar-refractivity contribution is 7.80. The number of hydrazone groups is 2. The molecule has 0 aliphatic heterocycles. The van der Waals surface area contributed by atoms with Crippen LogP contribution in [0.4, 0.5) is 0 Å². The zero-order chi connectivity index (χ0) is 12.6. The minimum Gasteiger partial charge on any atom is -0.364 e. The lowest BCUT2D eigenvalue weighted by atomic mass is 10.3. The Morgan fingerprint density at radius 2 is 1.12 bits per heavy atom. The number of thiocarbonyl (C=S) groups is 2. The van der Waals surface area contributed by atoms with Crippen LogP contribution in [0.2, 0.25) is 0 Å². The van der Waals surface area contributed by atoms with E-state index < -0.39 is 0 Å². The Morgan fingerprint density at radius 1 is 0.812 bits per heavy atom. The Balaban J connectivity index is 4.30.